The molecular formula is C24H26N2O6S2. The number of hydrogen-bond acceptors (Lipinski definition) is 7. The number of nitrogens with zero attached hydrogens (tertiary/aromatic N) is 1. The third-order valence-electron chi connectivity index (χ3n) is 6.09. The van der Waals surface area contributed by atoms with Crippen LogP contribution >= 0.6 is 11.3 Å². The monoisotopic (exact) mass is 502 g/mol. The Hall–Kier alpha value is -2.95. The summed E-state index contributed by atoms with van der Waals surface area (Å²) in [7, 11) is -0.882. The molecule has 2 N–H and O–H groups in total. The number of benzene rings is 2. The lowest BCUT2D eigenvalue weighted by atomic mass is 9.82. The highest BCUT2D eigenvalue weighted by molar-refractivity contribution is 7.92. The number of anilines is 1. The van der Waals surface area contributed by atoms with Gasteiger partial charge in [0.2, 0.25) is 0 Å². The molecule has 1 heterocycles. The van der Waals surface area contributed by atoms with Crippen molar-refractivity contribution in [3.63, 3.8) is 0 Å². The number of carboxylic acids is 1. The molecule has 0 atom stereocenters. The Kier molecular flexibility index (Phi) is 7.20. The third kappa shape index (κ3) is 5.24. The van der Waals surface area contributed by atoms with Crippen LogP contribution in [0.15, 0.2) is 52.9 Å². The number of thiazole rings is 1. The molecule has 0 radical (unpaired) electrons. The van der Waals surface area contributed by atoms with E-state index in [9.17, 15) is 13.2 Å². The van der Waals surface area contributed by atoms with Crippen molar-refractivity contribution in [3.8, 4) is 16.3 Å². The highest BCUT2D eigenvalue weighted by Gasteiger charge is 2.23. The van der Waals surface area contributed by atoms with E-state index >= 15 is 0 Å². The molecule has 3 aromatic rings. The number of ether oxygens (including phenoxy) is 2. The van der Waals surface area contributed by atoms with Crippen molar-refractivity contribution >= 4 is 33.0 Å². The second-order valence-corrected chi connectivity index (χ2v) is 10.6. The quantitative estimate of drug-likeness (QED) is 0.446. The average Bonchev–Trinajstić information content (AvgIpc) is 3.36. The van der Waals surface area contributed by atoms with Gasteiger partial charge >= 0.3 is 5.97 Å². The highest BCUT2D eigenvalue weighted by Crippen LogP contribution is 2.35. The van der Waals surface area contributed by atoms with Gasteiger partial charge in [-0.1, -0.05) is 24.3 Å². The Morgan fingerprint density at radius 1 is 1.09 bits per heavy atom. The van der Waals surface area contributed by atoms with Crippen molar-refractivity contribution in [1.82, 2.24) is 4.98 Å². The molecule has 2 aromatic carbocycles. The van der Waals surface area contributed by atoms with E-state index in [0.717, 1.165) is 31.2 Å². The van der Waals surface area contributed by atoms with E-state index in [-0.39, 0.29) is 22.0 Å². The predicted molar refractivity (Wildman–Crippen MR) is 130 cm³/mol. The van der Waals surface area contributed by atoms with Gasteiger partial charge < -0.3 is 14.6 Å². The summed E-state index contributed by atoms with van der Waals surface area (Å²) in [5, 5.41) is 11.1. The first-order valence-electron chi connectivity index (χ1n) is 10.8. The Balaban J connectivity index is 1.49. The first-order chi connectivity index (χ1) is 16.3. The van der Waals surface area contributed by atoms with Crippen molar-refractivity contribution in [2.45, 2.75) is 42.7 Å². The van der Waals surface area contributed by atoms with E-state index in [4.69, 9.17) is 14.6 Å². The molecule has 10 heteroatoms. The number of rotatable bonds is 8. The number of aromatic nitrogens is 1. The molecule has 1 aliphatic rings. The fourth-order valence-electron chi connectivity index (χ4n) is 4.15. The molecule has 1 aliphatic carbocycles. The van der Waals surface area contributed by atoms with Gasteiger partial charge in [-0.3, -0.25) is 4.72 Å². The first kappa shape index (κ1) is 24.2. The van der Waals surface area contributed by atoms with Gasteiger partial charge in [-0.2, -0.15) is 8.42 Å². The van der Waals surface area contributed by atoms with Gasteiger partial charge in [0, 0.05) is 18.1 Å². The van der Waals surface area contributed by atoms with Crippen molar-refractivity contribution in [2.24, 2.45) is 0 Å². The fourth-order valence-corrected chi connectivity index (χ4v) is 6.32. The maximum atomic E-state index is 12.9. The van der Waals surface area contributed by atoms with E-state index in [0.29, 0.717) is 17.0 Å². The summed E-state index contributed by atoms with van der Waals surface area (Å²) in [6.45, 7) is 0. The maximum absolute atomic E-state index is 12.9. The molecule has 0 unspecified atom stereocenters. The average molecular weight is 503 g/mol. The van der Waals surface area contributed by atoms with Gasteiger partial charge in [0.15, 0.2) is 5.03 Å². The van der Waals surface area contributed by atoms with Crippen LogP contribution in [-0.2, 0) is 14.8 Å². The van der Waals surface area contributed by atoms with Crippen LogP contribution in [0.3, 0.4) is 0 Å². The molecule has 0 amide bonds. The fraction of sp³-hybridized carbons (Fsp3) is 0.333. The molecule has 4 rings (SSSR count). The molecule has 8 nitrogen and oxygen atoms in total. The second-order valence-electron chi connectivity index (χ2n) is 8.15. The normalized spacial score (nSPS) is 18.4. The lowest BCUT2D eigenvalue weighted by Gasteiger charge is -2.27. The molecule has 0 bridgehead atoms. The van der Waals surface area contributed by atoms with Crippen molar-refractivity contribution < 1.29 is 27.8 Å². The summed E-state index contributed by atoms with van der Waals surface area (Å²) in [4.78, 5) is 15.5. The Labute approximate surface area is 202 Å². The van der Waals surface area contributed by atoms with Crippen molar-refractivity contribution in [2.75, 3.05) is 18.9 Å². The smallest absolute Gasteiger partial charge is 0.335 e. The predicted octanol–water partition coefficient (Wildman–Crippen LogP) is 4.99. The minimum Gasteiger partial charge on any atom is -0.495 e. The molecule has 0 spiro atoms. The summed E-state index contributed by atoms with van der Waals surface area (Å²) < 4.78 is 38.8. The summed E-state index contributed by atoms with van der Waals surface area (Å²) in [6.07, 6.45) is 4.68. The lowest BCUT2D eigenvalue weighted by Crippen LogP contribution is -2.19. The Morgan fingerprint density at radius 3 is 2.41 bits per heavy atom. The summed E-state index contributed by atoms with van der Waals surface area (Å²) in [5.74, 6) is -0.515. The number of carboxylic acid groups (broad SMARTS) is 1. The van der Waals surface area contributed by atoms with Gasteiger partial charge in [-0.25, -0.2) is 9.78 Å². The van der Waals surface area contributed by atoms with E-state index < -0.39 is 16.0 Å². The molecular weight excluding hydrogens is 476 g/mol. The largest absolute Gasteiger partial charge is 0.495 e. The van der Waals surface area contributed by atoms with E-state index in [1.165, 1.54) is 47.6 Å². The Bertz CT molecular complexity index is 1260. The van der Waals surface area contributed by atoms with Crippen LogP contribution in [-0.4, -0.2) is 44.8 Å². The molecule has 0 aliphatic heterocycles. The van der Waals surface area contributed by atoms with Crippen LogP contribution in [0.5, 0.6) is 5.75 Å². The first-order valence-corrected chi connectivity index (χ1v) is 13.2. The van der Waals surface area contributed by atoms with Crippen molar-refractivity contribution in [1.29, 1.82) is 0 Å². The Morgan fingerprint density at radius 2 is 1.79 bits per heavy atom. The van der Waals surface area contributed by atoms with E-state index in [2.05, 4.69) is 21.8 Å². The zero-order valence-electron chi connectivity index (χ0n) is 18.9. The number of sulfonamides is 1. The van der Waals surface area contributed by atoms with E-state index in [1.54, 1.807) is 7.11 Å². The van der Waals surface area contributed by atoms with Gasteiger partial charge in [0.1, 0.15) is 10.8 Å². The SMILES string of the molecule is COc1cc(C(=O)O)ccc1NS(=O)(=O)c1csc(-c2ccc(C3CCC(OC)CC3)cc2)n1. The summed E-state index contributed by atoms with van der Waals surface area (Å²) >= 11 is 1.25. The molecule has 180 valence electrons. The number of methoxy groups -OCH3 is 2. The minimum atomic E-state index is -3.99. The number of hydrogen-bond donors (Lipinski definition) is 2. The summed E-state index contributed by atoms with van der Waals surface area (Å²) in [6, 6.07) is 12.1. The van der Waals surface area contributed by atoms with Crippen LogP contribution in [0.2, 0.25) is 0 Å². The molecule has 1 fully saturated rings. The van der Waals surface area contributed by atoms with Crippen LogP contribution in [0.25, 0.3) is 10.6 Å². The molecule has 0 saturated heterocycles. The zero-order valence-corrected chi connectivity index (χ0v) is 20.5. The van der Waals surface area contributed by atoms with Crippen LogP contribution in [0, 0.1) is 0 Å². The number of nitrogens with one attached hydrogen (secondary N) is 1. The standard InChI is InChI=1S/C24H26N2O6S2/c1-31-19-10-7-16(8-11-19)15-3-5-17(6-4-15)23-25-22(14-33-23)34(29,30)26-20-12-9-18(24(27)28)13-21(20)32-2/h3-6,9,12-14,16,19,26H,7-8,10-11H2,1-2H3,(H,27,28). The van der Waals surface area contributed by atoms with Gasteiger partial charge in [0.05, 0.1) is 24.5 Å². The minimum absolute atomic E-state index is 0.00840. The van der Waals surface area contributed by atoms with Gasteiger partial charge in [-0.05, 0) is 55.4 Å². The number of aromatic carboxylic acids is 1. The molecule has 1 saturated carbocycles. The lowest BCUT2D eigenvalue weighted by molar-refractivity contribution is 0.0658. The van der Waals surface area contributed by atoms with Crippen molar-refractivity contribution in [3.05, 3.63) is 59.0 Å². The molecule has 1 aromatic heterocycles. The summed E-state index contributed by atoms with van der Waals surface area (Å²) in [5.41, 5.74) is 2.26. The third-order valence-corrected chi connectivity index (χ3v) is 8.38. The topological polar surface area (TPSA) is 115 Å². The number of carbonyl (C=O) groups is 1. The second kappa shape index (κ2) is 10.1. The molecule has 34 heavy (non-hydrogen) atoms. The highest BCUT2D eigenvalue weighted by atomic mass is 32.2. The zero-order chi connectivity index (χ0) is 24.3. The van der Waals surface area contributed by atoms with Crippen LogP contribution in [0.4, 0.5) is 5.69 Å². The van der Waals surface area contributed by atoms with Gasteiger partial charge in [-0.15, -0.1) is 11.3 Å². The van der Waals surface area contributed by atoms with Gasteiger partial charge in [0.25, 0.3) is 10.0 Å². The van der Waals surface area contributed by atoms with Crippen LogP contribution in [0.1, 0.15) is 47.5 Å². The van der Waals surface area contributed by atoms with Crippen LogP contribution < -0.4 is 9.46 Å². The maximum Gasteiger partial charge on any atom is 0.335 e. The van der Waals surface area contributed by atoms with E-state index in [1.807, 2.05) is 12.1 Å².